The number of rotatable bonds is 5. The van der Waals surface area contributed by atoms with Gasteiger partial charge in [0, 0.05) is 44.7 Å². The fourth-order valence-corrected chi connectivity index (χ4v) is 3.85. The van der Waals surface area contributed by atoms with Gasteiger partial charge in [0.05, 0.1) is 17.7 Å². The Labute approximate surface area is 177 Å². The summed E-state index contributed by atoms with van der Waals surface area (Å²) in [7, 11) is 0. The molecule has 0 aromatic heterocycles. The van der Waals surface area contributed by atoms with Crippen molar-refractivity contribution in [1.29, 1.82) is 0 Å². The Morgan fingerprint density at radius 1 is 0.967 bits per heavy atom. The fraction of sp³-hybridized carbons (Fsp3) is 0.545. The third-order valence-corrected chi connectivity index (χ3v) is 5.25. The maximum absolute atomic E-state index is 12.7. The van der Waals surface area contributed by atoms with Crippen LogP contribution < -0.4 is 5.32 Å². The molecule has 2 aliphatic heterocycles. The van der Waals surface area contributed by atoms with Crippen molar-refractivity contribution in [2.24, 2.45) is 0 Å². The second-order valence-corrected chi connectivity index (χ2v) is 8.87. The van der Waals surface area contributed by atoms with Gasteiger partial charge in [0.25, 0.3) is 11.8 Å². The Balaban J connectivity index is 1.48. The number of hydrogen-bond donors (Lipinski definition) is 1. The van der Waals surface area contributed by atoms with E-state index in [1.807, 2.05) is 20.8 Å². The summed E-state index contributed by atoms with van der Waals surface area (Å²) in [6.07, 6.45) is 0.886. The number of amides is 4. The minimum Gasteiger partial charge on any atom is -0.350 e. The molecule has 0 saturated carbocycles. The summed E-state index contributed by atoms with van der Waals surface area (Å²) >= 11 is 0. The number of fused-ring (bicyclic) bond motifs is 1. The van der Waals surface area contributed by atoms with Crippen molar-refractivity contribution in [3.8, 4) is 0 Å². The highest BCUT2D eigenvalue weighted by Crippen LogP contribution is 2.22. The molecule has 0 bridgehead atoms. The van der Waals surface area contributed by atoms with E-state index in [1.165, 1.54) is 0 Å². The first-order valence-corrected chi connectivity index (χ1v) is 10.4. The lowest BCUT2D eigenvalue weighted by molar-refractivity contribution is -0.131. The van der Waals surface area contributed by atoms with Gasteiger partial charge in [0.1, 0.15) is 0 Å². The Kier molecular flexibility index (Phi) is 6.55. The Morgan fingerprint density at radius 3 is 2.20 bits per heavy atom. The van der Waals surface area contributed by atoms with E-state index in [1.54, 1.807) is 29.2 Å². The summed E-state index contributed by atoms with van der Waals surface area (Å²) in [5, 5.41) is 2.96. The second-order valence-electron chi connectivity index (χ2n) is 8.87. The molecule has 0 unspecified atom stereocenters. The van der Waals surface area contributed by atoms with Crippen LogP contribution in [0, 0.1) is 0 Å². The highest BCUT2D eigenvalue weighted by atomic mass is 16.2. The zero-order chi connectivity index (χ0) is 21.9. The molecule has 3 rings (SSSR count). The zero-order valence-electron chi connectivity index (χ0n) is 17.9. The largest absolute Gasteiger partial charge is 0.350 e. The number of nitrogens with one attached hydrogen (secondary N) is 1. The molecule has 8 nitrogen and oxygen atoms in total. The predicted molar refractivity (Wildman–Crippen MR) is 112 cm³/mol. The van der Waals surface area contributed by atoms with E-state index in [4.69, 9.17) is 0 Å². The topological polar surface area (TPSA) is 90.0 Å². The molecule has 162 valence electrons. The standard InChI is InChI=1S/C22H30N4O4/c1-22(2,3)23-18(27)15-24-10-6-11-25(14-13-24)19(28)9-12-26-20(29)16-7-4-5-8-17(16)21(26)30/h4-5,7-8H,6,9-15H2,1-3H3,(H,23,27). The Morgan fingerprint density at radius 2 is 1.60 bits per heavy atom. The predicted octanol–water partition coefficient (Wildman–Crippen LogP) is 1.12. The van der Waals surface area contributed by atoms with E-state index < -0.39 is 0 Å². The van der Waals surface area contributed by atoms with Crippen molar-refractivity contribution in [3.63, 3.8) is 0 Å². The highest BCUT2D eigenvalue weighted by Gasteiger charge is 2.35. The van der Waals surface area contributed by atoms with Crippen LogP contribution in [0.5, 0.6) is 0 Å². The van der Waals surface area contributed by atoms with Crippen LogP contribution in [0.3, 0.4) is 0 Å². The first-order chi connectivity index (χ1) is 14.2. The molecule has 1 aromatic rings. The van der Waals surface area contributed by atoms with Gasteiger partial charge < -0.3 is 10.2 Å². The minimum absolute atomic E-state index is 0.0205. The van der Waals surface area contributed by atoms with Crippen molar-refractivity contribution in [3.05, 3.63) is 35.4 Å². The molecule has 2 aliphatic rings. The summed E-state index contributed by atoms with van der Waals surface area (Å²) in [5.74, 6) is -0.772. The van der Waals surface area contributed by atoms with Gasteiger partial charge in [-0.2, -0.15) is 0 Å². The van der Waals surface area contributed by atoms with Crippen LogP contribution in [0.15, 0.2) is 24.3 Å². The average Bonchev–Trinajstić information content (AvgIpc) is 2.82. The number of hydrogen-bond acceptors (Lipinski definition) is 5. The average molecular weight is 415 g/mol. The van der Waals surface area contributed by atoms with Gasteiger partial charge in [-0.15, -0.1) is 0 Å². The quantitative estimate of drug-likeness (QED) is 0.730. The molecular weight excluding hydrogens is 384 g/mol. The smallest absolute Gasteiger partial charge is 0.261 e. The summed E-state index contributed by atoms with van der Waals surface area (Å²) in [6, 6.07) is 6.72. The SMILES string of the molecule is CC(C)(C)NC(=O)CN1CCCN(C(=O)CCN2C(=O)c3ccccc3C2=O)CC1. The van der Waals surface area contributed by atoms with Gasteiger partial charge in [-0.3, -0.25) is 29.0 Å². The van der Waals surface area contributed by atoms with Crippen LogP contribution in [0.25, 0.3) is 0 Å². The number of carbonyl (C=O) groups is 4. The number of benzene rings is 1. The summed E-state index contributed by atoms with van der Waals surface area (Å²) in [6.45, 7) is 8.75. The molecule has 1 fully saturated rings. The van der Waals surface area contributed by atoms with Gasteiger partial charge in [-0.25, -0.2) is 0 Å². The normalized spacial score (nSPS) is 17.7. The van der Waals surface area contributed by atoms with Gasteiger partial charge in [0.2, 0.25) is 11.8 Å². The Hall–Kier alpha value is -2.74. The Bertz CT molecular complexity index is 811. The van der Waals surface area contributed by atoms with Gasteiger partial charge >= 0.3 is 0 Å². The highest BCUT2D eigenvalue weighted by molar-refractivity contribution is 6.21. The molecule has 4 amide bonds. The van der Waals surface area contributed by atoms with Crippen molar-refractivity contribution >= 4 is 23.6 Å². The number of imide groups is 1. The molecule has 1 saturated heterocycles. The van der Waals surface area contributed by atoms with E-state index in [-0.39, 0.29) is 42.1 Å². The monoisotopic (exact) mass is 414 g/mol. The van der Waals surface area contributed by atoms with E-state index in [2.05, 4.69) is 10.2 Å². The van der Waals surface area contributed by atoms with E-state index in [9.17, 15) is 19.2 Å². The van der Waals surface area contributed by atoms with E-state index in [0.717, 1.165) is 17.9 Å². The number of carbonyl (C=O) groups excluding carboxylic acids is 4. The summed E-state index contributed by atoms with van der Waals surface area (Å²) < 4.78 is 0. The van der Waals surface area contributed by atoms with E-state index in [0.29, 0.717) is 37.3 Å². The molecule has 8 heteroatoms. The van der Waals surface area contributed by atoms with E-state index >= 15 is 0 Å². The van der Waals surface area contributed by atoms with Crippen LogP contribution in [-0.4, -0.2) is 83.1 Å². The molecule has 0 spiro atoms. The lowest BCUT2D eigenvalue weighted by Gasteiger charge is -2.25. The van der Waals surface area contributed by atoms with Gasteiger partial charge in [-0.1, -0.05) is 12.1 Å². The minimum atomic E-state index is -0.338. The zero-order valence-corrected chi connectivity index (χ0v) is 17.9. The van der Waals surface area contributed by atoms with Crippen LogP contribution in [0.4, 0.5) is 0 Å². The van der Waals surface area contributed by atoms with Gasteiger partial charge in [-0.05, 0) is 39.3 Å². The molecular formula is C22H30N4O4. The van der Waals surface area contributed by atoms with Crippen LogP contribution in [0.1, 0.15) is 54.3 Å². The first-order valence-electron chi connectivity index (χ1n) is 10.4. The van der Waals surface area contributed by atoms with Crippen molar-refractivity contribution in [1.82, 2.24) is 20.0 Å². The van der Waals surface area contributed by atoms with Crippen LogP contribution in [-0.2, 0) is 9.59 Å². The molecule has 0 radical (unpaired) electrons. The summed E-state index contributed by atoms with van der Waals surface area (Å²) in [5.41, 5.74) is 0.525. The summed E-state index contributed by atoms with van der Waals surface area (Å²) in [4.78, 5) is 54.7. The van der Waals surface area contributed by atoms with Crippen molar-refractivity contribution in [2.75, 3.05) is 39.3 Å². The third-order valence-electron chi connectivity index (χ3n) is 5.25. The molecule has 30 heavy (non-hydrogen) atoms. The molecule has 1 N–H and O–H groups in total. The maximum atomic E-state index is 12.7. The van der Waals surface area contributed by atoms with Crippen LogP contribution in [0.2, 0.25) is 0 Å². The lowest BCUT2D eigenvalue weighted by Crippen LogP contribution is -2.46. The maximum Gasteiger partial charge on any atom is 0.261 e. The molecule has 1 aromatic carbocycles. The lowest BCUT2D eigenvalue weighted by atomic mass is 10.1. The van der Waals surface area contributed by atoms with Crippen molar-refractivity contribution < 1.29 is 19.2 Å². The molecule has 0 atom stereocenters. The fourth-order valence-electron chi connectivity index (χ4n) is 3.85. The second kappa shape index (κ2) is 8.95. The first kappa shape index (κ1) is 22.0. The number of nitrogens with zero attached hydrogens (tertiary/aromatic N) is 3. The van der Waals surface area contributed by atoms with Crippen molar-refractivity contribution in [2.45, 2.75) is 39.2 Å². The van der Waals surface area contributed by atoms with Crippen LogP contribution >= 0.6 is 0 Å². The molecule has 0 aliphatic carbocycles. The third kappa shape index (κ3) is 5.24. The van der Waals surface area contributed by atoms with Gasteiger partial charge in [0.15, 0.2) is 0 Å². The molecule has 2 heterocycles.